The molecule has 0 amide bonds. The molecular weight excluding hydrogens is 407 g/mol. The van der Waals surface area contributed by atoms with E-state index in [1.165, 1.54) is 41.3 Å². The largest absolute Gasteiger partial charge is 0.459 e. The number of rotatable bonds is 3. The van der Waals surface area contributed by atoms with Crippen molar-refractivity contribution in [2.45, 2.75) is 18.4 Å². The molecule has 1 aliphatic heterocycles. The van der Waals surface area contributed by atoms with Crippen LogP contribution in [0, 0.1) is 17.5 Å². The van der Waals surface area contributed by atoms with Gasteiger partial charge in [0.25, 0.3) is 6.02 Å². The maximum atomic E-state index is 14.6. The minimum atomic E-state index is -3.59. The summed E-state index contributed by atoms with van der Waals surface area (Å²) in [6, 6.07) is 6.33. The van der Waals surface area contributed by atoms with E-state index in [-0.39, 0.29) is 11.1 Å². The Morgan fingerprint density at radius 3 is 2.47 bits per heavy atom. The van der Waals surface area contributed by atoms with Gasteiger partial charge in [0, 0.05) is 29.0 Å². The zero-order valence-corrected chi connectivity index (χ0v) is 15.5. The second-order valence-electron chi connectivity index (χ2n) is 6.98. The molecule has 156 valence electrons. The van der Waals surface area contributed by atoms with E-state index in [0.29, 0.717) is 11.8 Å². The highest BCUT2D eigenvalue weighted by Crippen LogP contribution is 2.45. The van der Waals surface area contributed by atoms with Gasteiger partial charge in [-0.1, -0.05) is 0 Å². The normalized spacial score (nSPS) is 20.5. The highest BCUT2D eigenvalue weighted by Gasteiger charge is 2.56. The van der Waals surface area contributed by atoms with Crippen molar-refractivity contribution >= 4 is 6.02 Å². The molecule has 0 bridgehead atoms. The molecule has 1 aromatic heterocycles. The third kappa shape index (κ3) is 3.17. The van der Waals surface area contributed by atoms with Crippen LogP contribution in [0.4, 0.5) is 22.0 Å². The van der Waals surface area contributed by atoms with Gasteiger partial charge in [0.2, 0.25) is 0 Å². The summed E-state index contributed by atoms with van der Waals surface area (Å²) in [5.74, 6) is -6.19. The van der Waals surface area contributed by atoms with E-state index in [1.807, 2.05) is 0 Å². The Labute approximate surface area is 167 Å². The lowest BCUT2D eigenvalue weighted by Crippen LogP contribution is -2.51. The number of hydrogen-bond donors (Lipinski definition) is 1. The molecule has 2 aromatic carbocycles. The molecule has 1 aliphatic rings. The SMILES string of the molecule is C[C@]1(c2cc(-c3cnn(-c4ccc(F)cc4)c3)c(F)cc2F)N=C(N)OCC1(F)F. The van der Waals surface area contributed by atoms with Crippen LogP contribution in [0.25, 0.3) is 16.8 Å². The van der Waals surface area contributed by atoms with Crippen molar-refractivity contribution in [2.24, 2.45) is 10.7 Å². The number of hydrogen-bond acceptors (Lipinski definition) is 4. The number of amidine groups is 1. The van der Waals surface area contributed by atoms with Gasteiger partial charge in [-0.2, -0.15) is 13.9 Å². The smallest absolute Gasteiger partial charge is 0.310 e. The van der Waals surface area contributed by atoms with Gasteiger partial charge in [0.1, 0.15) is 17.5 Å². The molecule has 4 rings (SSSR count). The number of benzene rings is 2. The Bertz CT molecular complexity index is 1140. The molecule has 30 heavy (non-hydrogen) atoms. The van der Waals surface area contributed by atoms with E-state index in [4.69, 9.17) is 5.73 Å². The number of halogens is 5. The average Bonchev–Trinajstić information content (AvgIpc) is 3.15. The number of alkyl halides is 2. The van der Waals surface area contributed by atoms with Crippen molar-refractivity contribution in [3.63, 3.8) is 0 Å². The van der Waals surface area contributed by atoms with Gasteiger partial charge in [0.05, 0.1) is 11.9 Å². The van der Waals surface area contributed by atoms with Gasteiger partial charge < -0.3 is 10.5 Å². The molecule has 3 aromatic rings. The van der Waals surface area contributed by atoms with Gasteiger partial charge >= 0.3 is 5.92 Å². The van der Waals surface area contributed by atoms with Crippen molar-refractivity contribution in [1.82, 2.24) is 9.78 Å². The van der Waals surface area contributed by atoms with Gasteiger partial charge in [-0.25, -0.2) is 22.8 Å². The Morgan fingerprint density at radius 1 is 1.07 bits per heavy atom. The van der Waals surface area contributed by atoms with Crippen LogP contribution < -0.4 is 5.73 Å². The third-order valence-corrected chi connectivity index (χ3v) is 5.01. The number of nitrogens with two attached hydrogens (primary N) is 1. The first-order chi connectivity index (χ1) is 14.1. The van der Waals surface area contributed by atoms with Crippen molar-refractivity contribution in [3.8, 4) is 16.8 Å². The summed E-state index contributed by atoms with van der Waals surface area (Å²) in [6.45, 7) is -0.0854. The quantitative estimate of drug-likeness (QED) is 0.645. The fourth-order valence-electron chi connectivity index (χ4n) is 3.24. The standard InChI is InChI=1S/C20H15F5N4O/c1-19(20(24,25)10-30-18(26)28-19)15-6-14(16(22)7-17(15)23)11-8-27-29(9-11)13-4-2-12(21)3-5-13/h2-9H,10H2,1H3,(H2,26,28)/t19-/m1/s1. The first-order valence-electron chi connectivity index (χ1n) is 8.77. The zero-order chi connectivity index (χ0) is 21.7. The number of ether oxygens (including phenoxy) is 1. The average molecular weight is 422 g/mol. The minimum absolute atomic E-state index is 0.156. The van der Waals surface area contributed by atoms with Crippen molar-refractivity contribution in [3.05, 3.63) is 71.8 Å². The van der Waals surface area contributed by atoms with Crippen molar-refractivity contribution in [1.29, 1.82) is 0 Å². The van der Waals surface area contributed by atoms with Crippen LogP contribution in [0.15, 0.2) is 53.8 Å². The molecule has 0 radical (unpaired) electrons. The highest BCUT2D eigenvalue weighted by atomic mass is 19.3. The van der Waals surface area contributed by atoms with Crippen LogP contribution in [0.5, 0.6) is 0 Å². The molecule has 2 heterocycles. The fourth-order valence-corrected chi connectivity index (χ4v) is 3.24. The Kier molecular flexibility index (Phi) is 4.52. The molecule has 0 saturated carbocycles. The van der Waals surface area contributed by atoms with Gasteiger partial charge in [-0.3, -0.25) is 0 Å². The summed E-state index contributed by atoms with van der Waals surface area (Å²) in [6.07, 6.45) is 2.70. The second kappa shape index (κ2) is 6.82. The monoisotopic (exact) mass is 422 g/mol. The second-order valence-corrected chi connectivity index (χ2v) is 6.98. The summed E-state index contributed by atoms with van der Waals surface area (Å²) in [7, 11) is 0. The Balaban J connectivity index is 1.82. The highest BCUT2D eigenvalue weighted by molar-refractivity contribution is 5.73. The molecule has 0 fully saturated rings. The lowest BCUT2D eigenvalue weighted by molar-refractivity contribution is -0.117. The molecular formula is C20H15F5N4O. The molecule has 0 unspecified atom stereocenters. The molecule has 10 heteroatoms. The lowest BCUT2D eigenvalue weighted by atomic mass is 9.84. The van der Waals surface area contributed by atoms with Crippen LogP contribution in [0.3, 0.4) is 0 Å². The molecule has 1 atom stereocenters. The van der Waals surface area contributed by atoms with Crippen LogP contribution in [0.1, 0.15) is 12.5 Å². The first-order valence-corrected chi connectivity index (χ1v) is 8.77. The summed E-state index contributed by atoms with van der Waals surface area (Å²) < 4.78 is 77.3. The van der Waals surface area contributed by atoms with E-state index in [2.05, 4.69) is 14.8 Å². The van der Waals surface area contributed by atoms with Crippen LogP contribution >= 0.6 is 0 Å². The third-order valence-electron chi connectivity index (χ3n) is 5.01. The molecule has 2 N–H and O–H groups in total. The summed E-state index contributed by atoms with van der Waals surface area (Å²) in [5, 5.41) is 4.07. The maximum Gasteiger partial charge on any atom is 0.310 e. The molecule has 0 saturated heterocycles. The van der Waals surface area contributed by atoms with Crippen molar-refractivity contribution in [2.75, 3.05) is 6.61 Å². The minimum Gasteiger partial charge on any atom is -0.459 e. The number of nitrogens with zero attached hydrogens (tertiary/aromatic N) is 3. The van der Waals surface area contributed by atoms with Gasteiger partial charge in [-0.05, 0) is 37.3 Å². The van der Waals surface area contributed by atoms with E-state index >= 15 is 0 Å². The zero-order valence-electron chi connectivity index (χ0n) is 15.5. The number of aromatic nitrogens is 2. The van der Waals surface area contributed by atoms with Crippen LogP contribution in [-0.2, 0) is 10.3 Å². The van der Waals surface area contributed by atoms with E-state index < -0.39 is 47.1 Å². The van der Waals surface area contributed by atoms with E-state index in [9.17, 15) is 22.0 Å². The fraction of sp³-hybridized carbons (Fsp3) is 0.200. The molecule has 0 aliphatic carbocycles. The molecule has 0 spiro atoms. The lowest BCUT2D eigenvalue weighted by Gasteiger charge is -2.37. The van der Waals surface area contributed by atoms with E-state index in [0.717, 1.165) is 13.0 Å². The van der Waals surface area contributed by atoms with Crippen LogP contribution in [0.2, 0.25) is 0 Å². The Morgan fingerprint density at radius 2 is 1.77 bits per heavy atom. The van der Waals surface area contributed by atoms with Gasteiger partial charge in [0.15, 0.2) is 12.1 Å². The first kappa shape index (κ1) is 19.9. The predicted octanol–water partition coefficient (Wildman–Crippen LogP) is 4.15. The van der Waals surface area contributed by atoms with Gasteiger partial charge in [-0.15, -0.1) is 0 Å². The summed E-state index contributed by atoms with van der Waals surface area (Å²) in [4.78, 5) is 3.63. The van der Waals surface area contributed by atoms with Crippen LogP contribution in [-0.4, -0.2) is 28.3 Å². The summed E-state index contributed by atoms with van der Waals surface area (Å²) in [5.41, 5.74) is 3.04. The predicted molar refractivity (Wildman–Crippen MR) is 98.7 cm³/mol. The Hall–Kier alpha value is -3.43. The van der Waals surface area contributed by atoms with E-state index in [1.54, 1.807) is 0 Å². The topological polar surface area (TPSA) is 65.4 Å². The summed E-state index contributed by atoms with van der Waals surface area (Å²) >= 11 is 0. The van der Waals surface area contributed by atoms with Crippen molar-refractivity contribution < 1.29 is 26.7 Å². The molecule has 5 nitrogen and oxygen atoms in total. The maximum absolute atomic E-state index is 14.6. The number of aliphatic imine (C=N–C) groups is 1.